The summed E-state index contributed by atoms with van der Waals surface area (Å²) in [6.07, 6.45) is 6.01. The molecule has 0 spiro atoms. The minimum atomic E-state index is -1.15. The van der Waals surface area contributed by atoms with Crippen molar-refractivity contribution in [2.75, 3.05) is 0 Å². The Morgan fingerprint density at radius 2 is 1.83 bits per heavy atom. The summed E-state index contributed by atoms with van der Waals surface area (Å²) >= 11 is 0. The molecule has 2 aliphatic rings. The van der Waals surface area contributed by atoms with Gasteiger partial charge < -0.3 is 16.2 Å². The minimum absolute atomic E-state index is 0.0474. The van der Waals surface area contributed by atoms with Crippen molar-refractivity contribution in [3.8, 4) is 0 Å². The molecule has 2 saturated carbocycles. The number of aliphatic carboxylic acids is 1. The topological polar surface area (TPSA) is 92.4 Å². The first-order chi connectivity index (χ1) is 8.38. The average molecular weight is 254 g/mol. The predicted molar refractivity (Wildman–Crippen MR) is 66.9 cm³/mol. The van der Waals surface area contributed by atoms with Gasteiger partial charge in [0.15, 0.2) is 0 Å². The minimum Gasteiger partial charge on any atom is -0.480 e. The lowest BCUT2D eigenvalue weighted by molar-refractivity contribution is -0.149. The van der Waals surface area contributed by atoms with Crippen molar-refractivity contribution in [1.82, 2.24) is 5.32 Å². The lowest BCUT2D eigenvalue weighted by atomic mass is 9.81. The van der Waals surface area contributed by atoms with E-state index in [1.165, 1.54) is 0 Å². The molecule has 0 bridgehead atoms. The average Bonchev–Trinajstić information content (AvgIpc) is 3.13. The van der Waals surface area contributed by atoms with Gasteiger partial charge in [-0.2, -0.15) is 0 Å². The van der Waals surface area contributed by atoms with E-state index in [0.717, 1.165) is 32.1 Å². The molecule has 2 rings (SSSR count). The highest BCUT2D eigenvalue weighted by Gasteiger charge is 2.50. The molecule has 5 heteroatoms. The number of hydrogen-bond donors (Lipinski definition) is 3. The summed E-state index contributed by atoms with van der Waals surface area (Å²) in [4.78, 5) is 23.6. The summed E-state index contributed by atoms with van der Waals surface area (Å²) in [5.41, 5.74) is 4.10. The largest absolute Gasteiger partial charge is 0.480 e. The maximum atomic E-state index is 12.3. The molecule has 102 valence electrons. The van der Waals surface area contributed by atoms with Crippen LogP contribution in [0, 0.1) is 5.92 Å². The molecule has 2 fully saturated rings. The van der Waals surface area contributed by atoms with E-state index < -0.39 is 17.0 Å². The van der Waals surface area contributed by atoms with Gasteiger partial charge in [-0.15, -0.1) is 0 Å². The molecule has 5 nitrogen and oxygen atoms in total. The molecule has 0 aromatic carbocycles. The number of carbonyl (C=O) groups excluding carboxylic acids is 1. The first kappa shape index (κ1) is 13.3. The highest BCUT2D eigenvalue weighted by Crippen LogP contribution is 2.40. The van der Waals surface area contributed by atoms with Gasteiger partial charge in [-0.3, -0.25) is 4.79 Å². The van der Waals surface area contributed by atoms with Gasteiger partial charge >= 0.3 is 5.97 Å². The van der Waals surface area contributed by atoms with Crippen LogP contribution >= 0.6 is 0 Å². The molecule has 1 amide bonds. The summed E-state index contributed by atoms with van der Waals surface area (Å²) in [5, 5.41) is 12.0. The van der Waals surface area contributed by atoms with E-state index >= 15 is 0 Å². The zero-order valence-electron chi connectivity index (χ0n) is 10.9. The molecular weight excluding hydrogens is 232 g/mol. The third-order valence-electron chi connectivity index (χ3n) is 4.41. The van der Waals surface area contributed by atoms with Crippen LogP contribution in [0.5, 0.6) is 0 Å². The van der Waals surface area contributed by atoms with Crippen LogP contribution in [-0.4, -0.2) is 28.1 Å². The van der Waals surface area contributed by atoms with Gasteiger partial charge in [0.05, 0.1) is 5.54 Å². The second-order valence-corrected chi connectivity index (χ2v) is 5.95. The molecule has 2 aliphatic carbocycles. The maximum Gasteiger partial charge on any atom is 0.329 e. The Hall–Kier alpha value is -1.10. The Labute approximate surface area is 107 Å². The number of nitrogens with two attached hydrogens (primary N) is 1. The predicted octanol–water partition coefficient (Wildman–Crippen LogP) is 1.02. The Morgan fingerprint density at radius 1 is 1.28 bits per heavy atom. The second kappa shape index (κ2) is 4.53. The number of hydrogen-bond acceptors (Lipinski definition) is 3. The van der Waals surface area contributed by atoms with E-state index in [1.807, 2.05) is 0 Å². The second-order valence-electron chi connectivity index (χ2n) is 5.95. The molecular formula is C13H22N2O3. The lowest BCUT2D eigenvalue weighted by Crippen LogP contribution is -2.63. The first-order valence-electron chi connectivity index (χ1n) is 6.73. The molecule has 0 aromatic heterocycles. The van der Waals surface area contributed by atoms with E-state index in [1.54, 1.807) is 6.92 Å². The number of carboxylic acid groups (broad SMARTS) is 1. The molecule has 0 saturated heterocycles. The van der Waals surface area contributed by atoms with Crippen LogP contribution in [0.15, 0.2) is 0 Å². The number of carboxylic acids is 1. The molecule has 18 heavy (non-hydrogen) atoms. The maximum absolute atomic E-state index is 12.3. The molecule has 0 radical (unpaired) electrons. The van der Waals surface area contributed by atoms with E-state index in [4.69, 9.17) is 5.73 Å². The van der Waals surface area contributed by atoms with Gasteiger partial charge in [-0.1, -0.05) is 19.3 Å². The van der Waals surface area contributed by atoms with Gasteiger partial charge in [-0.25, -0.2) is 4.79 Å². The highest BCUT2D eigenvalue weighted by molar-refractivity contribution is 5.92. The molecule has 0 heterocycles. The molecule has 1 atom stereocenters. The van der Waals surface area contributed by atoms with Crippen LogP contribution in [0.2, 0.25) is 0 Å². The molecule has 0 aliphatic heterocycles. The van der Waals surface area contributed by atoms with E-state index in [0.29, 0.717) is 12.8 Å². The first-order valence-corrected chi connectivity index (χ1v) is 6.73. The summed E-state index contributed by atoms with van der Waals surface area (Å²) in [6.45, 7) is 1.59. The number of carbonyl (C=O) groups is 2. The van der Waals surface area contributed by atoms with Gasteiger partial charge in [0.25, 0.3) is 0 Å². The smallest absolute Gasteiger partial charge is 0.329 e. The zero-order valence-corrected chi connectivity index (χ0v) is 10.9. The van der Waals surface area contributed by atoms with Crippen LogP contribution < -0.4 is 11.1 Å². The Morgan fingerprint density at radius 3 is 2.28 bits per heavy atom. The van der Waals surface area contributed by atoms with Crippen LogP contribution in [0.1, 0.15) is 51.9 Å². The SMILES string of the molecule is CC(NC(=O)C1(N)CCCCC1)(C(=O)O)C1CC1. The highest BCUT2D eigenvalue weighted by atomic mass is 16.4. The van der Waals surface area contributed by atoms with Gasteiger partial charge in [-0.05, 0) is 38.5 Å². The summed E-state index contributed by atoms with van der Waals surface area (Å²) in [6, 6.07) is 0. The van der Waals surface area contributed by atoms with Crippen LogP contribution in [0.4, 0.5) is 0 Å². The summed E-state index contributed by atoms with van der Waals surface area (Å²) in [5.74, 6) is -1.21. The Kier molecular flexibility index (Phi) is 3.36. The normalized spacial score (nSPS) is 26.1. The molecule has 4 N–H and O–H groups in total. The van der Waals surface area contributed by atoms with Crippen molar-refractivity contribution in [2.45, 2.75) is 62.9 Å². The fourth-order valence-electron chi connectivity index (χ4n) is 2.76. The quantitative estimate of drug-likeness (QED) is 0.698. The standard InChI is InChI=1S/C13H22N2O3/c1-12(11(17)18,9-5-6-9)15-10(16)13(14)7-3-2-4-8-13/h9H,2-8,14H2,1H3,(H,15,16)(H,17,18). The van der Waals surface area contributed by atoms with Crippen molar-refractivity contribution >= 4 is 11.9 Å². The summed E-state index contributed by atoms with van der Waals surface area (Å²) in [7, 11) is 0. The monoisotopic (exact) mass is 254 g/mol. The fourth-order valence-corrected chi connectivity index (χ4v) is 2.76. The zero-order chi connectivity index (χ0) is 13.4. The van der Waals surface area contributed by atoms with Crippen molar-refractivity contribution in [2.24, 2.45) is 11.7 Å². The van der Waals surface area contributed by atoms with Gasteiger partial charge in [0.1, 0.15) is 5.54 Å². The van der Waals surface area contributed by atoms with Crippen molar-refractivity contribution in [3.05, 3.63) is 0 Å². The van der Waals surface area contributed by atoms with Gasteiger partial charge in [0, 0.05) is 0 Å². The third kappa shape index (κ3) is 2.36. The van der Waals surface area contributed by atoms with Crippen molar-refractivity contribution in [3.63, 3.8) is 0 Å². The molecule has 1 unspecified atom stereocenters. The number of rotatable bonds is 4. The van der Waals surface area contributed by atoms with E-state index in [9.17, 15) is 14.7 Å². The van der Waals surface area contributed by atoms with Crippen molar-refractivity contribution in [1.29, 1.82) is 0 Å². The van der Waals surface area contributed by atoms with Crippen LogP contribution in [0.3, 0.4) is 0 Å². The van der Waals surface area contributed by atoms with Crippen LogP contribution in [-0.2, 0) is 9.59 Å². The van der Waals surface area contributed by atoms with Gasteiger partial charge in [0.2, 0.25) is 5.91 Å². The Balaban J connectivity index is 2.07. The molecule has 0 aromatic rings. The number of nitrogens with one attached hydrogen (secondary N) is 1. The van der Waals surface area contributed by atoms with E-state index in [-0.39, 0.29) is 11.8 Å². The van der Waals surface area contributed by atoms with E-state index in [2.05, 4.69) is 5.32 Å². The summed E-state index contributed by atoms with van der Waals surface area (Å²) < 4.78 is 0. The number of amides is 1. The third-order valence-corrected chi connectivity index (χ3v) is 4.41. The lowest BCUT2D eigenvalue weighted by Gasteiger charge is -2.36. The fraction of sp³-hybridized carbons (Fsp3) is 0.846. The van der Waals surface area contributed by atoms with Crippen molar-refractivity contribution < 1.29 is 14.7 Å². The Bertz CT molecular complexity index is 359. The van der Waals surface area contributed by atoms with Crippen LogP contribution in [0.25, 0.3) is 0 Å².